The average molecular weight is 490 g/mol. The van der Waals surface area contributed by atoms with Gasteiger partial charge in [0.2, 0.25) is 0 Å². The van der Waals surface area contributed by atoms with Gasteiger partial charge in [0.1, 0.15) is 18.1 Å². The fourth-order valence-corrected chi connectivity index (χ4v) is 3.02. The van der Waals surface area contributed by atoms with E-state index in [9.17, 15) is 19.7 Å². The number of aryl methyl sites for hydroxylation is 1. The quantitative estimate of drug-likeness (QED) is 0.320. The zero-order chi connectivity index (χ0) is 24.8. The molecule has 2 N–H and O–H groups in total. The van der Waals surface area contributed by atoms with Gasteiger partial charge in [-0.3, -0.25) is 24.4 Å². The van der Waals surface area contributed by atoms with Crippen LogP contribution in [0, 0.1) is 16.0 Å². The zero-order valence-corrected chi connectivity index (χ0v) is 19.6. The maximum Gasteiger partial charge on any atom is 0.291 e. The van der Waals surface area contributed by atoms with E-state index in [0.29, 0.717) is 18.8 Å². The maximum atomic E-state index is 12.7. The second-order valence-electron chi connectivity index (χ2n) is 7.73. The molecule has 0 radical (unpaired) electrons. The number of nitro benzene ring substituents is 1. The summed E-state index contributed by atoms with van der Waals surface area (Å²) < 4.78 is 12.6. The molecule has 12 heteroatoms. The molecule has 11 nitrogen and oxygen atoms in total. The van der Waals surface area contributed by atoms with E-state index in [-0.39, 0.29) is 46.1 Å². The summed E-state index contributed by atoms with van der Waals surface area (Å²) in [7, 11) is 0. The number of anilines is 1. The molecule has 0 aliphatic carbocycles. The van der Waals surface area contributed by atoms with Gasteiger partial charge < -0.3 is 19.8 Å². The third-order valence-corrected chi connectivity index (χ3v) is 4.91. The lowest BCUT2D eigenvalue weighted by Crippen LogP contribution is -2.28. The van der Waals surface area contributed by atoms with E-state index in [2.05, 4.69) is 15.7 Å². The normalized spacial score (nSPS) is 10.9. The van der Waals surface area contributed by atoms with Crippen LogP contribution >= 0.6 is 11.6 Å². The topological polar surface area (TPSA) is 142 Å². The largest absolute Gasteiger partial charge is 0.484 e. The highest BCUT2D eigenvalue weighted by Crippen LogP contribution is 2.29. The summed E-state index contributed by atoms with van der Waals surface area (Å²) in [5.41, 5.74) is 0.191. The van der Waals surface area contributed by atoms with Gasteiger partial charge in [0, 0.05) is 25.4 Å². The van der Waals surface area contributed by atoms with E-state index < -0.39 is 16.7 Å². The minimum atomic E-state index is -0.576. The van der Waals surface area contributed by atoms with Gasteiger partial charge in [0.05, 0.1) is 21.7 Å². The lowest BCUT2D eigenvalue weighted by atomic mass is 10.2. The Hall–Kier alpha value is -3.86. The van der Waals surface area contributed by atoms with Crippen molar-refractivity contribution in [1.29, 1.82) is 0 Å². The highest BCUT2D eigenvalue weighted by Gasteiger charge is 2.21. The van der Waals surface area contributed by atoms with E-state index in [1.165, 1.54) is 30.3 Å². The molecule has 0 aliphatic heterocycles. The first-order valence-electron chi connectivity index (χ1n) is 10.5. The second-order valence-corrected chi connectivity index (χ2v) is 8.14. The van der Waals surface area contributed by atoms with Crippen molar-refractivity contribution in [2.75, 3.05) is 11.9 Å². The van der Waals surface area contributed by atoms with Gasteiger partial charge in [0.25, 0.3) is 17.5 Å². The Morgan fingerprint density at radius 2 is 2.03 bits per heavy atom. The molecule has 2 amide bonds. The molecule has 34 heavy (non-hydrogen) atoms. The fraction of sp³-hybridized carbons (Fsp3) is 0.318. The SMILES string of the molecule is CCn1cc(NC(=O)c2ccc(COc3cc([N+](=O)[O-])ccc3Cl)o2)c(C(=O)NCC(C)C)n1. The molecule has 0 fully saturated rings. The Kier molecular flexibility index (Phi) is 7.90. The third-order valence-electron chi connectivity index (χ3n) is 4.60. The number of nitro groups is 1. The summed E-state index contributed by atoms with van der Waals surface area (Å²) >= 11 is 6.02. The highest BCUT2D eigenvalue weighted by molar-refractivity contribution is 6.32. The zero-order valence-electron chi connectivity index (χ0n) is 18.8. The van der Waals surface area contributed by atoms with Crippen molar-refractivity contribution in [3.8, 4) is 5.75 Å². The number of amides is 2. The van der Waals surface area contributed by atoms with Gasteiger partial charge in [0.15, 0.2) is 11.5 Å². The molecule has 0 saturated carbocycles. The smallest absolute Gasteiger partial charge is 0.291 e. The van der Waals surface area contributed by atoms with E-state index in [1.54, 1.807) is 10.9 Å². The average Bonchev–Trinajstić information content (AvgIpc) is 3.44. The number of ether oxygens (including phenoxy) is 1. The van der Waals surface area contributed by atoms with Crippen molar-refractivity contribution in [1.82, 2.24) is 15.1 Å². The Bertz CT molecular complexity index is 1200. The number of furan rings is 1. The Morgan fingerprint density at radius 1 is 1.26 bits per heavy atom. The molecule has 3 rings (SSSR count). The van der Waals surface area contributed by atoms with Crippen molar-refractivity contribution in [2.45, 2.75) is 33.9 Å². The van der Waals surface area contributed by atoms with Crippen LogP contribution in [0.1, 0.15) is 47.6 Å². The van der Waals surface area contributed by atoms with E-state index in [0.717, 1.165) is 0 Å². The van der Waals surface area contributed by atoms with Crippen LogP contribution in [0.15, 0.2) is 40.9 Å². The molecule has 2 heterocycles. The van der Waals surface area contributed by atoms with Gasteiger partial charge in [-0.2, -0.15) is 5.10 Å². The van der Waals surface area contributed by atoms with Gasteiger partial charge in [-0.05, 0) is 31.0 Å². The van der Waals surface area contributed by atoms with Crippen molar-refractivity contribution in [2.24, 2.45) is 5.92 Å². The number of rotatable bonds is 10. The molecule has 2 aromatic heterocycles. The minimum Gasteiger partial charge on any atom is -0.484 e. The van der Waals surface area contributed by atoms with Crippen LogP contribution in [0.25, 0.3) is 0 Å². The lowest BCUT2D eigenvalue weighted by molar-refractivity contribution is -0.384. The number of nitrogens with one attached hydrogen (secondary N) is 2. The lowest BCUT2D eigenvalue weighted by Gasteiger charge is -2.08. The Labute approximate surface area is 200 Å². The van der Waals surface area contributed by atoms with Crippen molar-refractivity contribution < 1.29 is 23.7 Å². The van der Waals surface area contributed by atoms with Gasteiger partial charge >= 0.3 is 0 Å². The number of benzene rings is 1. The second kappa shape index (κ2) is 10.8. The van der Waals surface area contributed by atoms with Gasteiger partial charge in [-0.15, -0.1) is 0 Å². The summed E-state index contributed by atoms with van der Waals surface area (Å²) in [6.45, 7) is 6.69. The summed E-state index contributed by atoms with van der Waals surface area (Å²) in [6.07, 6.45) is 1.57. The molecule has 0 aliphatic rings. The highest BCUT2D eigenvalue weighted by atomic mass is 35.5. The first-order chi connectivity index (χ1) is 16.2. The van der Waals surface area contributed by atoms with Crippen LogP contribution in [-0.2, 0) is 13.2 Å². The summed E-state index contributed by atoms with van der Waals surface area (Å²) in [6, 6.07) is 6.82. The molecule has 0 saturated heterocycles. The molecular weight excluding hydrogens is 466 g/mol. The third kappa shape index (κ3) is 6.13. The number of carbonyl (C=O) groups excluding carboxylic acids is 2. The maximum absolute atomic E-state index is 12.7. The van der Waals surface area contributed by atoms with Crippen molar-refractivity contribution >= 4 is 34.8 Å². The van der Waals surface area contributed by atoms with Crippen LogP contribution in [-0.4, -0.2) is 33.1 Å². The first kappa shape index (κ1) is 24.8. The van der Waals surface area contributed by atoms with E-state index in [1.807, 2.05) is 20.8 Å². The monoisotopic (exact) mass is 489 g/mol. The number of nitrogens with zero attached hydrogens (tertiary/aromatic N) is 3. The molecule has 0 bridgehead atoms. The molecule has 0 unspecified atom stereocenters. The summed E-state index contributed by atoms with van der Waals surface area (Å²) in [4.78, 5) is 35.6. The standard InChI is InChI=1S/C22H24ClN5O6/c1-4-27-11-17(20(26-27)22(30)24-10-13(2)3)25-21(29)18-8-6-15(34-18)12-33-19-9-14(28(31)32)5-7-16(19)23/h5-9,11,13H,4,10,12H2,1-3H3,(H,24,30)(H,25,29). The van der Waals surface area contributed by atoms with Crippen LogP contribution in [0.3, 0.4) is 0 Å². The van der Waals surface area contributed by atoms with Crippen molar-refractivity contribution in [3.63, 3.8) is 0 Å². The van der Waals surface area contributed by atoms with E-state index >= 15 is 0 Å². The Morgan fingerprint density at radius 3 is 2.71 bits per heavy atom. The van der Waals surface area contributed by atoms with Gasteiger partial charge in [-0.1, -0.05) is 25.4 Å². The van der Waals surface area contributed by atoms with Crippen LogP contribution in [0.2, 0.25) is 5.02 Å². The number of aromatic nitrogens is 2. The van der Waals surface area contributed by atoms with E-state index in [4.69, 9.17) is 20.8 Å². The number of carbonyl (C=O) groups is 2. The Balaban J connectivity index is 1.68. The van der Waals surface area contributed by atoms with Crippen LogP contribution < -0.4 is 15.4 Å². The molecular formula is C22H24ClN5O6. The molecule has 1 aromatic carbocycles. The predicted octanol–water partition coefficient (Wildman–Crippen LogP) is 4.27. The predicted molar refractivity (Wildman–Crippen MR) is 124 cm³/mol. The summed E-state index contributed by atoms with van der Waals surface area (Å²) in [5.74, 6) is -0.307. The minimum absolute atomic E-state index is 0.0125. The fourth-order valence-electron chi connectivity index (χ4n) is 2.85. The molecule has 0 atom stereocenters. The molecule has 180 valence electrons. The number of hydrogen-bond acceptors (Lipinski definition) is 7. The number of halogens is 1. The van der Waals surface area contributed by atoms with Crippen LogP contribution in [0.5, 0.6) is 5.75 Å². The number of hydrogen-bond donors (Lipinski definition) is 2. The molecule has 3 aromatic rings. The van der Waals surface area contributed by atoms with Crippen molar-refractivity contribution in [3.05, 3.63) is 68.9 Å². The summed E-state index contributed by atoms with van der Waals surface area (Å²) in [5, 5.41) is 20.8. The number of non-ortho nitro benzene ring substituents is 1. The van der Waals surface area contributed by atoms with Gasteiger partial charge in [-0.25, -0.2) is 0 Å². The first-order valence-corrected chi connectivity index (χ1v) is 10.9. The van der Waals surface area contributed by atoms with Crippen LogP contribution in [0.4, 0.5) is 11.4 Å². The molecule has 0 spiro atoms.